The first kappa shape index (κ1) is 50.7. The smallest absolute Gasteiger partial charge is 0.226 e. The average molecular weight is 901 g/mol. The molecule has 0 unspecified atom stereocenters. The van der Waals surface area contributed by atoms with Crippen molar-refractivity contribution >= 4 is 29.2 Å². The topological polar surface area (TPSA) is 247 Å². The molecule has 2 heterocycles. The van der Waals surface area contributed by atoms with Crippen molar-refractivity contribution in [2.75, 3.05) is 39.9 Å². The molecule has 350 valence electrons. The Kier molecular flexibility index (Phi) is 17.4. The minimum Gasteiger partial charge on any atom is -0.492 e. The maximum absolute atomic E-state index is 14.8. The Morgan fingerprint density at radius 2 is 1.48 bits per heavy atom. The molecule has 1 aromatic heterocycles. The second-order valence-corrected chi connectivity index (χ2v) is 18.0. The van der Waals surface area contributed by atoms with Crippen LogP contribution in [0.2, 0.25) is 0 Å². The van der Waals surface area contributed by atoms with Crippen LogP contribution in [0, 0.1) is 37.0 Å². The monoisotopic (exact) mass is 900 g/mol. The van der Waals surface area contributed by atoms with Crippen molar-refractivity contribution in [1.29, 1.82) is 5.26 Å². The van der Waals surface area contributed by atoms with Crippen LogP contribution in [0.5, 0.6) is 11.5 Å². The molecule has 0 radical (unpaired) electrons. The third-order valence-corrected chi connectivity index (χ3v) is 11.9. The molecule has 7 N–H and O–H groups in total. The van der Waals surface area contributed by atoms with Crippen molar-refractivity contribution in [3.63, 3.8) is 0 Å². The normalized spacial score (nSPS) is 16.9. The van der Waals surface area contributed by atoms with Gasteiger partial charge in [-0.3, -0.25) is 24.0 Å². The summed E-state index contributed by atoms with van der Waals surface area (Å²) >= 11 is 0. The number of rotatable bonds is 17. The minimum absolute atomic E-state index is 0.0304. The lowest BCUT2D eigenvalue weighted by molar-refractivity contribution is -0.142. The lowest BCUT2D eigenvalue weighted by Gasteiger charge is -2.32. The SMILES string of the molecule is Cc1nc(-c2ccc(C(C)(C)C)cc2)nc(C)c1C(=O)C[C@@H](CCN)C(=O)N(C)[C@@H]1C(=O)C[C@@H](C)C(=O)N[C@H](C(=O)CCC#N)Cc2ccc(OCCN)c(c2)-c2cc1ccc2OCCN. The van der Waals surface area contributed by atoms with Crippen LogP contribution in [0.3, 0.4) is 0 Å². The zero-order valence-corrected chi connectivity index (χ0v) is 39.2. The zero-order chi connectivity index (χ0) is 48.3. The molecular formula is C51H64N8O7. The van der Waals surface area contributed by atoms with Crippen LogP contribution in [0.4, 0.5) is 0 Å². The van der Waals surface area contributed by atoms with Crippen LogP contribution < -0.4 is 32.0 Å². The Bertz CT molecular complexity index is 2430. The van der Waals surface area contributed by atoms with E-state index in [-0.39, 0.29) is 88.4 Å². The van der Waals surface area contributed by atoms with Gasteiger partial charge in [-0.2, -0.15) is 5.26 Å². The molecule has 0 spiro atoms. The number of nitrogens with zero attached hydrogens (tertiary/aromatic N) is 4. The number of carbonyl (C=O) groups excluding carboxylic acids is 5. The first-order valence-electron chi connectivity index (χ1n) is 22.5. The van der Waals surface area contributed by atoms with E-state index in [1.165, 1.54) is 11.9 Å². The number of hydrogen-bond acceptors (Lipinski definition) is 13. The fourth-order valence-corrected chi connectivity index (χ4v) is 8.34. The summed E-state index contributed by atoms with van der Waals surface area (Å²) in [7, 11) is 1.50. The quantitative estimate of drug-likeness (QED) is 0.0938. The minimum atomic E-state index is -1.24. The van der Waals surface area contributed by atoms with Gasteiger partial charge in [0.25, 0.3) is 0 Å². The van der Waals surface area contributed by atoms with Gasteiger partial charge in [-0.1, -0.05) is 64.1 Å². The summed E-state index contributed by atoms with van der Waals surface area (Å²) < 4.78 is 12.3. The molecule has 4 bridgehead atoms. The summed E-state index contributed by atoms with van der Waals surface area (Å²) in [6.07, 6.45) is -0.400. The molecule has 4 aromatic rings. The van der Waals surface area contributed by atoms with E-state index in [4.69, 9.17) is 36.6 Å². The largest absolute Gasteiger partial charge is 0.492 e. The van der Waals surface area contributed by atoms with Crippen LogP contribution in [-0.4, -0.2) is 90.0 Å². The van der Waals surface area contributed by atoms with Gasteiger partial charge in [0, 0.05) is 74.3 Å². The standard InChI is InChI=1S/C51H64N8O7/c1-30-25-43(62)47(59(7)50(64)36(18-20-53)29-42(61)46-31(2)56-48(57-32(46)3)34-11-14-37(15-12-34)51(4,5)6)35-13-17-45(66-24-22-55)39(28-35)38-26-33(10-16-44(38)65-23-21-54)27-40(58-49(30)63)41(60)9-8-19-52/h10-17,26,28,30,36,40,47H,8-9,18,20-25,27,29,53-55H2,1-7H3,(H,58,63)/t30-,36-,40+,47+/m1/s1. The Morgan fingerprint density at radius 1 is 0.879 bits per heavy atom. The number of nitriles is 1. The number of ether oxygens (including phenoxy) is 2. The second kappa shape index (κ2) is 22.7. The summed E-state index contributed by atoms with van der Waals surface area (Å²) in [6.45, 7) is 12.3. The molecule has 0 fully saturated rings. The first-order valence-corrected chi connectivity index (χ1v) is 22.5. The van der Waals surface area contributed by atoms with E-state index in [0.29, 0.717) is 56.5 Å². The number of aromatic nitrogens is 2. The highest BCUT2D eigenvalue weighted by Crippen LogP contribution is 2.41. The van der Waals surface area contributed by atoms with Gasteiger partial charge >= 0.3 is 0 Å². The van der Waals surface area contributed by atoms with Crippen LogP contribution in [-0.2, 0) is 31.0 Å². The Hall–Kier alpha value is -6.34. The second-order valence-electron chi connectivity index (χ2n) is 18.0. The van der Waals surface area contributed by atoms with Crippen LogP contribution in [0.25, 0.3) is 22.5 Å². The molecule has 1 aliphatic rings. The van der Waals surface area contributed by atoms with Gasteiger partial charge in [-0.25, -0.2) is 9.97 Å². The molecule has 5 rings (SSSR count). The molecule has 15 nitrogen and oxygen atoms in total. The Morgan fingerprint density at radius 3 is 2.06 bits per heavy atom. The lowest BCUT2D eigenvalue weighted by atomic mass is 9.86. The molecule has 0 aliphatic carbocycles. The Balaban J connectivity index is 1.57. The van der Waals surface area contributed by atoms with Gasteiger partial charge < -0.3 is 36.9 Å². The number of Topliss-reactive ketones (excluding diaryl/α,β-unsaturated/α-hetero) is 3. The Labute approximate surface area is 387 Å². The number of ketones is 3. The van der Waals surface area contributed by atoms with E-state index in [9.17, 15) is 29.2 Å². The number of hydrogen-bond donors (Lipinski definition) is 4. The third-order valence-electron chi connectivity index (χ3n) is 11.9. The summed E-state index contributed by atoms with van der Waals surface area (Å²) in [4.78, 5) is 81.9. The van der Waals surface area contributed by atoms with E-state index in [1.54, 1.807) is 51.1 Å². The maximum Gasteiger partial charge on any atom is 0.226 e. The van der Waals surface area contributed by atoms with Gasteiger partial charge in [0.2, 0.25) is 11.8 Å². The number of nitrogens with one attached hydrogen (secondary N) is 1. The molecule has 0 saturated heterocycles. The first-order chi connectivity index (χ1) is 31.4. The van der Waals surface area contributed by atoms with Crippen molar-refractivity contribution in [3.8, 4) is 40.1 Å². The van der Waals surface area contributed by atoms with Crippen LogP contribution in [0.1, 0.15) is 104 Å². The fraction of sp³-hybridized carbons (Fsp3) is 0.451. The van der Waals surface area contributed by atoms with E-state index < -0.39 is 41.5 Å². The predicted molar refractivity (Wildman–Crippen MR) is 253 cm³/mol. The van der Waals surface area contributed by atoms with Crippen molar-refractivity contribution in [1.82, 2.24) is 20.2 Å². The molecule has 66 heavy (non-hydrogen) atoms. The molecule has 2 amide bonds. The van der Waals surface area contributed by atoms with Crippen LogP contribution >= 0.6 is 0 Å². The molecule has 3 aromatic carbocycles. The highest BCUT2D eigenvalue weighted by Gasteiger charge is 2.36. The third kappa shape index (κ3) is 12.3. The van der Waals surface area contributed by atoms with Gasteiger partial charge in [0.05, 0.1) is 29.1 Å². The maximum atomic E-state index is 14.8. The van der Waals surface area contributed by atoms with Gasteiger partial charge in [-0.05, 0) is 79.6 Å². The predicted octanol–water partition coefficient (Wildman–Crippen LogP) is 5.65. The number of nitrogens with two attached hydrogens (primary N) is 3. The van der Waals surface area contributed by atoms with Crippen molar-refractivity contribution in [2.45, 2.75) is 97.6 Å². The average Bonchev–Trinajstić information content (AvgIpc) is 3.28. The molecular weight excluding hydrogens is 837 g/mol. The van der Waals surface area contributed by atoms with Crippen molar-refractivity contribution in [3.05, 3.63) is 94.3 Å². The van der Waals surface area contributed by atoms with E-state index in [1.807, 2.05) is 36.4 Å². The van der Waals surface area contributed by atoms with Gasteiger partial charge in [0.15, 0.2) is 23.2 Å². The molecule has 1 aliphatic heterocycles. The van der Waals surface area contributed by atoms with E-state index >= 15 is 0 Å². The van der Waals surface area contributed by atoms with Crippen LogP contribution in [0.15, 0.2) is 60.7 Å². The highest BCUT2D eigenvalue weighted by molar-refractivity contribution is 6.01. The summed E-state index contributed by atoms with van der Waals surface area (Å²) in [5, 5.41) is 12.1. The zero-order valence-electron chi connectivity index (χ0n) is 39.2. The lowest BCUT2D eigenvalue weighted by Crippen LogP contribution is -2.46. The summed E-state index contributed by atoms with van der Waals surface area (Å²) in [5.41, 5.74) is 23.2. The van der Waals surface area contributed by atoms with Crippen molar-refractivity contribution in [2.24, 2.45) is 29.0 Å². The fourth-order valence-electron chi connectivity index (χ4n) is 8.34. The number of fused-ring (bicyclic) bond motifs is 5. The number of benzene rings is 3. The van der Waals surface area contributed by atoms with Gasteiger partial charge in [-0.15, -0.1) is 0 Å². The molecule has 0 saturated carbocycles. The van der Waals surface area contributed by atoms with Crippen molar-refractivity contribution < 1.29 is 33.4 Å². The number of aryl methyl sites for hydroxylation is 2. The van der Waals surface area contributed by atoms with E-state index in [0.717, 1.165) is 11.1 Å². The summed E-state index contributed by atoms with van der Waals surface area (Å²) in [6, 6.07) is 18.3. The van der Waals surface area contributed by atoms with Gasteiger partial charge in [0.1, 0.15) is 30.8 Å². The number of carbonyl (C=O) groups is 5. The highest BCUT2D eigenvalue weighted by atomic mass is 16.5. The molecule has 15 heteroatoms. The van der Waals surface area contributed by atoms with E-state index in [2.05, 4.69) is 26.1 Å². The number of amides is 2. The summed E-state index contributed by atoms with van der Waals surface area (Å²) in [5.74, 6) is -2.69. The molecule has 4 atom stereocenters. The number of likely N-dealkylation sites (N-methyl/N-ethyl adjacent to an activating group) is 1.